The second kappa shape index (κ2) is 8.90. The fraction of sp³-hybridized carbons (Fsp3) is 0.765. The molecule has 1 saturated heterocycles. The first-order chi connectivity index (χ1) is 11.2. The number of nitrogens with zero attached hydrogens (tertiary/aromatic N) is 3. The van der Waals surface area contributed by atoms with Gasteiger partial charge < -0.3 is 16.0 Å². The van der Waals surface area contributed by atoms with E-state index in [1.54, 1.807) is 11.1 Å². The Hall–Kier alpha value is -1.58. The van der Waals surface area contributed by atoms with Crippen molar-refractivity contribution in [2.24, 2.45) is 11.7 Å². The van der Waals surface area contributed by atoms with E-state index in [2.05, 4.69) is 23.2 Å². The van der Waals surface area contributed by atoms with Crippen LogP contribution in [0.25, 0.3) is 0 Å². The summed E-state index contributed by atoms with van der Waals surface area (Å²) < 4.78 is 0. The van der Waals surface area contributed by atoms with Gasteiger partial charge in [-0.05, 0) is 18.8 Å². The average Bonchev–Trinajstić information content (AvgIpc) is 2.57. The predicted molar refractivity (Wildman–Crippen MR) is 90.3 cm³/mol. The molecule has 1 aliphatic carbocycles. The van der Waals surface area contributed by atoms with E-state index in [-0.39, 0.29) is 11.5 Å². The van der Waals surface area contributed by atoms with Crippen molar-refractivity contribution < 1.29 is 4.79 Å². The maximum absolute atomic E-state index is 12.5. The van der Waals surface area contributed by atoms with Gasteiger partial charge in [0.15, 0.2) is 0 Å². The molecule has 2 unspecified atom stereocenters. The molecule has 0 radical (unpaired) electrons. The molecule has 0 aromatic rings. The number of carbonyl (C=O) groups is 1. The maximum atomic E-state index is 12.5. The molecule has 1 aliphatic heterocycles. The highest BCUT2D eigenvalue weighted by molar-refractivity contribution is 5.97. The summed E-state index contributed by atoms with van der Waals surface area (Å²) in [5.74, 6) is 0.436. The van der Waals surface area contributed by atoms with Crippen LogP contribution in [-0.4, -0.2) is 61.0 Å². The van der Waals surface area contributed by atoms with E-state index in [1.165, 1.54) is 19.3 Å². The molecule has 1 amide bonds. The Kier molecular flexibility index (Phi) is 6.87. The van der Waals surface area contributed by atoms with Crippen LogP contribution >= 0.6 is 0 Å². The Bertz CT molecular complexity index is 462. The largest absolute Gasteiger partial charge is 0.387 e. The van der Waals surface area contributed by atoms with Crippen LogP contribution in [0, 0.1) is 17.2 Å². The van der Waals surface area contributed by atoms with Gasteiger partial charge in [0.2, 0.25) is 0 Å². The van der Waals surface area contributed by atoms with E-state index >= 15 is 0 Å². The van der Waals surface area contributed by atoms with E-state index in [4.69, 9.17) is 5.73 Å². The van der Waals surface area contributed by atoms with E-state index in [1.807, 2.05) is 0 Å². The smallest absolute Gasteiger partial charge is 0.266 e. The lowest BCUT2D eigenvalue weighted by Gasteiger charge is -2.34. The average molecular weight is 319 g/mol. The molecule has 0 spiro atoms. The molecule has 0 aromatic carbocycles. The molecule has 2 aliphatic rings. The number of piperazine rings is 1. The molecular formula is C17H29N5O. The number of nitriles is 1. The summed E-state index contributed by atoms with van der Waals surface area (Å²) in [4.78, 5) is 16.5. The summed E-state index contributed by atoms with van der Waals surface area (Å²) in [6.45, 7) is 6.72. The summed E-state index contributed by atoms with van der Waals surface area (Å²) in [5.41, 5.74) is 5.78. The Morgan fingerprint density at radius 3 is 2.61 bits per heavy atom. The Morgan fingerprint density at radius 2 is 2.00 bits per heavy atom. The number of hydrogen-bond acceptors (Lipinski definition) is 5. The van der Waals surface area contributed by atoms with E-state index in [9.17, 15) is 10.1 Å². The monoisotopic (exact) mass is 319 g/mol. The molecule has 2 fully saturated rings. The van der Waals surface area contributed by atoms with Gasteiger partial charge in [0, 0.05) is 51.5 Å². The van der Waals surface area contributed by atoms with Crippen LogP contribution in [0.3, 0.4) is 0 Å². The second-order valence-corrected chi connectivity index (χ2v) is 6.63. The molecule has 23 heavy (non-hydrogen) atoms. The summed E-state index contributed by atoms with van der Waals surface area (Å²) in [7, 11) is 0. The third-order valence-corrected chi connectivity index (χ3v) is 5.01. The number of carbonyl (C=O) groups excluding carboxylic acids is 1. The number of nitrogens with two attached hydrogens (primary N) is 1. The van der Waals surface area contributed by atoms with Gasteiger partial charge >= 0.3 is 0 Å². The third kappa shape index (κ3) is 4.95. The zero-order valence-electron chi connectivity index (χ0n) is 14.1. The van der Waals surface area contributed by atoms with Gasteiger partial charge in [0.1, 0.15) is 11.6 Å². The van der Waals surface area contributed by atoms with Crippen LogP contribution in [0.5, 0.6) is 0 Å². The highest BCUT2D eigenvalue weighted by Crippen LogP contribution is 2.23. The van der Waals surface area contributed by atoms with Crippen molar-refractivity contribution in [2.45, 2.75) is 38.6 Å². The van der Waals surface area contributed by atoms with Crippen LogP contribution in [0.2, 0.25) is 0 Å². The fourth-order valence-corrected chi connectivity index (χ4v) is 3.42. The van der Waals surface area contributed by atoms with Gasteiger partial charge in [-0.1, -0.05) is 19.8 Å². The normalized spacial score (nSPS) is 26.7. The molecule has 2 rings (SSSR count). The van der Waals surface area contributed by atoms with Crippen LogP contribution in [-0.2, 0) is 4.79 Å². The number of nitrogens with one attached hydrogen (secondary N) is 1. The van der Waals surface area contributed by atoms with E-state index in [0.29, 0.717) is 31.6 Å². The lowest BCUT2D eigenvalue weighted by atomic mass is 9.86. The minimum absolute atomic E-state index is 0.157. The Morgan fingerprint density at radius 1 is 1.30 bits per heavy atom. The van der Waals surface area contributed by atoms with Crippen molar-refractivity contribution >= 4 is 5.91 Å². The summed E-state index contributed by atoms with van der Waals surface area (Å²) >= 11 is 0. The van der Waals surface area contributed by atoms with Crippen LogP contribution in [0.1, 0.15) is 32.6 Å². The molecule has 1 saturated carbocycles. The molecule has 6 nitrogen and oxygen atoms in total. The Labute approximate surface area is 139 Å². The number of rotatable bonds is 5. The highest BCUT2D eigenvalue weighted by Gasteiger charge is 2.24. The molecule has 1 heterocycles. The van der Waals surface area contributed by atoms with Gasteiger partial charge in [-0.15, -0.1) is 0 Å². The molecule has 0 bridgehead atoms. The molecule has 0 aromatic heterocycles. The lowest BCUT2D eigenvalue weighted by molar-refractivity contribution is -0.128. The number of amides is 1. The maximum Gasteiger partial charge on any atom is 0.266 e. The number of hydrogen-bond donors (Lipinski definition) is 2. The molecule has 3 N–H and O–H groups in total. The van der Waals surface area contributed by atoms with E-state index in [0.717, 1.165) is 26.1 Å². The SMILES string of the molecule is CC1CCCCC1N/C=C(/C#N)C(=O)N1CCN(CCN)CC1. The molecule has 128 valence electrons. The minimum atomic E-state index is -0.157. The molecular weight excluding hydrogens is 290 g/mol. The highest BCUT2D eigenvalue weighted by atomic mass is 16.2. The molecule has 6 heteroatoms. The summed E-state index contributed by atoms with van der Waals surface area (Å²) in [6.07, 6.45) is 6.46. The van der Waals surface area contributed by atoms with Gasteiger partial charge in [0.25, 0.3) is 5.91 Å². The van der Waals surface area contributed by atoms with Crippen molar-refractivity contribution in [1.82, 2.24) is 15.1 Å². The summed E-state index contributed by atoms with van der Waals surface area (Å²) in [6, 6.07) is 2.44. The van der Waals surface area contributed by atoms with Crippen molar-refractivity contribution in [3.05, 3.63) is 11.8 Å². The predicted octanol–water partition coefficient (Wildman–Crippen LogP) is 0.665. The third-order valence-electron chi connectivity index (χ3n) is 5.01. The van der Waals surface area contributed by atoms with Crippen molar-refractivity contribution in [2.75, 3.05) is 39.3 Å². The van der Waals surface area contributed by atoms with Crippen molar-refractivity contribution in [1.29, 1.82) is 5.26 Å². The molecule has 2 atom stereocenters. The topological polar surface area (TPSA) is 85.4 Å². The van der Waals surface area contributed by atoms with Gasteiger partial charge in [-0.3, -0.25) is 9.69 Å². The fourth-order valence-electron chi connectivity index (χ4n) is 3.42. The zero-order valence-corrected chi connectivity index (χ0v) is 14.1. The first kappa shape index (κ1) is 17.8. The quantitative estimate of drug-likeness (QED) is 0.574. The van der Waals surface area contributed by atoms with E-state index < -0.39 is 0 Å². The first-order valence-electron chi connectivity index (χ1n) is 8.73. The van der Waals surface area contributed by atoms with Crippen LogP contribution in [0.4, 0.5) is 0 Å². The van der Waals surface area contributed by atoms with Crippen molar-refractivity contribution in [3.8, 4) is 6.07 Å². The second-order valence-electron chi connectivity index (χ2n) is 6.63. The first-order valence-corrected chi connectivity index (χ1v) is 8.73. The van der Waals surface area contributed by atoms with Gasteiger partial charge in [-0.25, -0.2) is 0 Å². The summed E-state index contributed by atoms with van der Waals surface area (Å²) in [5, 5.41) is 12.6. The van der Waals surface area contributed by atoms with Crippen molar-refractivity contribution in [3.63, 3.8) is 0 Å². The van der Waals surface area contributed by atoms with Gasteiger partial charge in [-0.2, -0.15) is 5.26 Å². The standard InChI is InChI=1S/C17H29N5O/c1-14-4-2-3-5-16(14)20-13-15(12-19)17(23)22-10-8-21(7-6-18)9-11-22/h13-14,16,20H,2-11,18H2,1H3/b15-13-. The van der Waals surface area contributed by atoms with Crippen LogP contribution in [0.15, 0.2) is 11.8 Å². The zero-order chi connectivity index (χ0) is 16.7. The minimum Gasteiger partial charge on any atom is -0.387 e. The van der Waals surface area contributed by atoms with Crippen LogP contribution < -0.4 is 11.1 Å². The Balaban J connectivity index is 1.88. The van der Waals surface area contributed by atoms with Gasteiger partial charge in [0.05, 0.1) is 0 Å². The lowest BCUT2D eigenvalue weighted by Crippen LogP contribution is -2.50.